The SMILES string of the molecule is [CH]1c2ccc3c(c2-c2c1ccc1c2CCCC1)CCCC3. The van der Waals surface area contributed by atoms with E-state index in [4.69, 9.17) is 0 Å². The summed E-state index contributed by atoms with van der Waals surface area (Å²) in [6.45, 7) is 0. The highest BCUT2D eigenvalue weighted by Crippen LogP contribution is 2.47. The van der Waals surface area contributed by atoms with Gasteiger partial charge < -0.3 is 0 Å². The largest absolute Gasteiger partial charge is 0.0584 e. The molecule has 2 aromatic carbocycles. The molecule has 0 fully saturated rings. The number of fused-ring (bicyclic) bond motifs is 7. The molecule has 5 rings (SSSR count). The van der Waals surface area contributed by atoms with E-state index < -0.39 is 0 Å². The molecular formula is C21H21. The minimum atomic E-state index is 1.28. The molecule has 0 spiro atoms. The number of benzene rings is 2. The van der Waals surface area contributed by atoms with Gasteiger partial charge in [0, 0.05) is 6.42 Å². The fourth-order valence-corrected chi connectivity index (χ4v) is 4.69. The van der Waals surface area contributed by atoms with Gasteiger partial charge in [0.2, 0.25) is 0 Å². The van der Waals surface area contributed by atoms with E-state index in [1.165, 1.54) is 62.5 Å². The Kier molecular flexibility index (Phi) is 2.56. The molecule has 0 aliphatic heterocycles. The molecule has 3 aliphatic carbocycles. The van der Waals surface area contributed by atoms with Crippen molar-refractivity contribution in [2.24, 2.45) is 0 Å². The highest BCUT2D eigenvalue weighted by molar-refractivity contribution is 5.87. The highest BCUT2D eigenvalue weighted by atomic mass is 14.3. The molecule has 0 bridgehead atoms. The second kappa shape index (κ2) is 4.47. The lowest BCUT2D eigenvalue weighted by Gasteiger charge is -2.23. The molecule has 0 heterocycles. The van der Waals surface area contributed by atoms with Gasteiger partial charge in [-0.25, -0.2) is 0 Å². The summed E-state index contributed by atoms with van der Waals surface area (Å²) in [5.74, 6) is 0. The van der Waals surface area contributed by atoms with E-state index >= 15 is 0 Å². The summed E-state index contributed by atoms with van der Waals surface area (Å²) in [4.78, 5) is 0. The Balaban J connectivity index is 1.80. The second-order valence-corrected chi connectivity index (χ2v) is 6.89. The zero-order valence-electron chi connectivity index (χ0n) is 12.5. The first-order valence-electron chi connectivity index (χ1n) is 8.56. The van der Waals surface area contributed by atoms with Gasteiger partial charge in [-0.2, -0.15) is 0 Å². The van der Waals surface area contributed by atoms with Crippen LogP contribution in [0.4, 0.5) is 0 Å². The maximum atomic E-state index is 2.43. The Hall–Kier alpha value is -1.56. The Labute approximate surface area is 127 Å². The molecule has 0 nitrogen and oxygen atoms in total. The molecular weight excluding hydrogens is 252 g/mol. The molecule has 0 saturated carbocycles. The minimum absolute atomic E-state index is 1.28. The summed E-state index contributed by atoms with van der Waals surface area (Å²) < 4.78 is 0. The quantitative estimate of drug-likeness (QED) is 0.539. The van der Waals surface area contributed by atoms with Crippen LogP contribution in [0.3, 0.4) is 0 Å². The van der Waals surface area contributed by atoms with Gasteiger partial charge >= 0.3 is 0 Å². The molecule has 0 atom stereocenters. The van der Waals surface area contributed by atoms with Crippen LogP contribution in [0.5, 0.6) is 0 Å². The molecule has 2 aromatic rings. The normalized spacial score (nSPS) is 18.7. The lowest BCUT2D eigenvalue weighted by molar-refractivity contribution is 0.682. The van der Waals surface area contributed by atoms with Crippen LogP contribution in [0.15, 0.2) is 24.3 Å². The van der Waals surface area contributed by atoms with Crippen molar-refractivity contribution >= 4 is 0 Å². The standard InChI is InChI=1S/C21H21/c1-3-7-18-14(5-1)9-11-16-13-17-12-10-15-6-2-4-8-19(15)21(17)20(16)18/h9-13H,1-8H2. The van der Waals surface area contributed by atoms with Crippen molar-refractivity contribution in [3.63, 3.8) is 0 Å². The molecule has 0 amide bonds. The van der Waals surface area contributed by atoms with Crippen LogP contribution in [-0.2, 0) is 25.7 Å². The highest BCUT2D eigenvalue weighted by Gasteiger charge is 2.28. The maximum Gasteiger partial charge on any atom is 0.0212 e. The van der Waals surface area contributed by atoms with Crippen molar-refractivity contribution in [2.75, 3.05) is 0 Å². The summed E-state index contributed by atoms with van der Waals surface area (Å²) in [5.41, 5.74) is 12.8. The molecule has 3 aliphatic rings. The van der Waals surface area contributed by atoms with Crippen LogP contribution in [0.25, 0.3) is 11.1 Å². The summed E-state index contributed by atoms with van der Waals surface area (Å²) in [6.07, 6.45) is 13.0. The number of rotatable bonds is 0. The van der Waals surface area contributed by atoms with Crippen molar-refractivity contribution in [2.45, 2.75) is 51.4 Å². The minimum Gasteiger partial charge on any atom is -0.0584 e. The average molecular weight is 273 g/mol. The van der Waals surface area contributed by atoms with Crippen molar-refractivity contribution in [3.05, 3.63) is 64.1 Å². The molecule has 0 saturated heterocycles. The topological polar surface area (TPSA) is 0 Å². The molecule has 1 radical (unpaired) electrons. The molecule has 0 N–H and O–H groups in total. The van der Waals surface area contributed by atoms with Gasteiger partial charge in [-0.05, 0) is 95.9 Å². The fraction of sp³-hybridized carbons (Fsp3) is 0.381. The van der Waals surface area contributed by atoms with Crippen molar-refractivity contribution in [3.8, 4) is 11.1 Å². The maximum absolute atomic E-state index is 2.43. The van der Waals surface area contributed by atoms with E-state index in [0.717, 1.165) is 0 Å². The van der Waals surface area contributed by atoms with Crippen molar-refractivity contribution < 1.29 is 0 Å². The Morgan fingerprint density at radius 2 is 1.00 bits per heavy atom. The third kappa shape index (κ3) is 1.68. The molecule has 21 heavy (non-hydrogen) atoms. The predicted octanol–water partition coefficient (Wildman–Crippen LogP) is 5.03. The van der Waals surface area contributed by atoms with Gasteiger partial charge in [0.25, 0.3) is 0 Å². The van der Waals surface area contributed by atoms with E-state index in [9.17, 15) is 0 Å². The Bertz CT molecular complexity index is 673. The molecule has 105 valence electrons. The van der Waals surface area contributed by atoms with E-state index in [2.05, 4.69) is 30.7 Å². The average Bonchev–Trinajstić information content (AvgIpc) is 2.94. The monoisotopic (exact) mass is 273 g/mol. The van der Waals surface area contributed by atoms with Gasteiger partial charge in [-0.15, -0.1) is 0 Å². The number of aryl methyl sites for hydroxylation is 2. The first-order chi connectivity index (χ1) is 10.4. The summed E-state index contributed by atoms with van der Waals surface area (Å²) in [7, 11) is 0. The summed E-state index contributed by atoms with van der Waals surface area (Å²) >= 11 is 0. The van der Waals surface area contributed by atoms with E-state index in [-0.39, 0.29) is 0 Å². The van der Waals surface area contributed by atoms with Crippen LogP contribution < -0.4 is 0 Å². The molecule has 0 heteroatoms. The Morgan fingerprint density at radius 3 is 1.52 bits per heavy atom. The van der Waals surface area contributed by atoms with Crippen LogP contribution >= 0.6 is 0 Å². The first kappa shape index (κ1) is 12.0. The number of hydrogen-bond donors (Lipinski definition) is 0. The third-order valence-electron chi connectivity index (χ3n) is 5.69. The first-order valence-corrected chi connectivity index (χ1v) is 8.56. The second-order valence-electron chi connectivity index (χ2n) is 6.89. The zero-order chi connectivity index (χ0) is 13.8. The van der Waals surface area contributed by atoms with Crippen LogP contribution in [0.2, 0.25) is 0 Å². The molecule has 0 aromatic heterocycles. The van der Waals surface area contributed by atoms with Crippen LogP contribution in [0.1, 0.15) is 59.1 Å². The van der Waals surface area contributed by atoms with Crippen LogP contribution in [-0.4, -0.2) is 0 Å². The zero-order valence-corrected chi connectivity index (χ0v) is 12.5. The lowest BCUT2D eigenvalue weighted by Crippen LogP contribution is -2.08. The fourth-order valence-electron chi connectivity index (χ4n) is 4.69. The van der Waals surface area contributed by atoms with E-state index in [1.807, 2.05) is 0 Å². The van der Waals surface area contributed by atoms with Crippen LogP contribution in [0, 0.1) is 6.42 Å². The van der Waals surface area contributed by atoms with Crippen molar-refractivity contribution in [1.29, 1.82) is 0 Å². The Morgan fingerprint density at radius 1 is 0.524 bits per heavy atom. The van der Waals surface area contributed by atoms with E-state index in [1.54, 1.807) is 33.4 Å². The third-order valence-corrected chi connectivity index (χ3v) is 5.69. The van der Waals surface area contributed by atoms with Gasteiger partial charge in [0.15, 0.2) is 0 Å². The summed E-state index contributed by atoms with van der Waals surface area (Å²) in [6, 6.07) is 9.52. The van der Waals surface area contributed by atoms with Gasteiger partial charge in [0.1, 0.15) is 0 Å². The van der Waals surface area contributed by atoms with Gasteiger partial charge in [0.05, 0.1) is 0 Å². The molecule has 0 unspecified atom stereocenters. The van der Waals surface area contributed by atoms with Gasteiger partial charge in [-0.3, -0.25) is 0 Å². The van der Waals surface area contributed by atoms with Crippen molar-refractivity contribution in [1.82, 2.24) is 0 Å². The predicted molar refractivity (Wildman–Crippen MR) is 87.7 cm³/mol. The van der Waals surface area contributed by atoms with E-state index in [0.29, 0.717) is 0 Å². The summed E-state index contributed by atoms with van der Waals surface area (Å²) in [5, 5.41) is 0. The van der Waals surface area contributed by atoms with Gasteiger partial charge in [-0.1, -0.05) is 24.3 Å². The smallest absolute Gasteiger partial charge is 0.0212 e. The lowest BCUT2D eigenvalue weighted by atomic mass is 9.81. The number of hydrogen-bond acceptors (Lipinski definition) is 0.